The second kappa shape index (κ2) is 13.0. The van der Waals surface area contributed by atoms with Gasteiger partial charge in [0.05, 0.1) is 5.56 Å². The smallest absolute Gasteiger partial charge is 0.434 e. The van der Waals surface area contributed by atoms with E-state index >= 15 is 0 Å². The number of likely N-dealkylation sites (N-methyl/N-ethyl adjacent to an activating group) is 1. The van der Waals surface area contributed by atoms with Gasteiger partial charge < -0.3 is 19.4 Å². The van der Waals surface area contributed by atoms with E-state index in [2.05, 4.69) is 40.7 Å². The van der Waals surface area contributed by atoms with E-state index in [1.54, 1.807) is 19.9 Å². The fraction of sp³-hybridized carbons (Fsp3) is 0.385. The first-order valence-corrected chi connectivity index (χ1v) is 13.7. The average molecular weight is 591 g/mol. The van der Waals surface area contributed by atoms with Gasteiger partial charge in [-0.2, -0.15) is 13.2 Å². The first kappa shape index (κ1) is 29.9. The Hall–Kier alpha value is -4.11. The number of pyridine rings is 2. The van der Waals surface area contributed by atoms with Gasteiger partial charge in [0, 0.05) is 54.5 Å². The third kappa shape index (κ3) is 7.35. The molecule has 4 rings (SSSR count). The molecule has 11 nitrogen and oxygen atoms in total. The van der Waals surface area contributed by atoms with Gasteiger partial charge in [-0.05, 0) is 32.1 Å². The number of anilines is 1. The van der Waals surface area contributed by atoms with Crippen LogP contribution < -0.4 is 15.4 Å². The molecule has 4 aromatic heterocycles. The van der Waals surface area contributed by atoms with Crippen molar-refractivity contribution in [3.05, 3.63) is 41.5 Å². The lowest BCUT2D eigenvalue weighted by Crippen LogP contribution is -2.28. The zero-order valence-electron chi connectivity index (χ0n) is 22.9. The average Bonchev–Trinajstić information content (AvgIpc) is 3.61. The van der Waals surface area contributed by atoms with Crippen LogP contribution in [-0.4, -0.2) is 68.9 Å². The number of hydrogen-bond donors (Lipinski definition) is 2. The van der Waals surface area contributed by atoms with Crippen molar-refractivity contribution in [1.82, 2.24) is 35.4 Å². The van der Waals surface area contributed by atoms with Crippen LogP contribution in [0.2, 0.25) is 0 Å². The number of amides is 2. The molecule has 0 unspecified atom stereocenters. The Morgan fingerprint density at radius 3 is 2.49 bits per heavy atom. The number of thiazole rings is 1. The lowest BCUT2D eigenvalue weighted by Gasteiger charge is -2.19. The van der Waals surface area contributed by atoms with Crippen LogP contribution >= 0.6 is 11.3 Å². The lowest BCUT2D eigenvalue weighted by atomic mass is 10.0. The number of alkyl halides is 3. The summed E-state index contributed by atoms with van der Waals surface area (Å²) in [6.07, 6.45) is -1.67. The van der Waals surface area contributed by atoms with Gasteiger partial charge in [0.25, 0.3) is 0 Å². The summed E-state index contributed by atoms with van der Waals surface area (Å²) in [5.74, 6) is 0.923. The third-order valence-electron chi connectivity index (χ3n) is 5.96. The van der Waals surface area contributed by atoms with E-state index in [1.807, 2.05) is 13.8 Å². The molecule has 0 saturated carbocycles. The Morgan fingerprint density at radius 1 is 1.07 bits per heavy atom. The summed E-state index contributed by atoms with van der Waals surface area (Å²) < 4.78 is 52.0. The zero-order valence-corrected chi connectivity index (χ0v) is 23.7. The quantitative estimate of drug-likeness (QED) is 0.232. The molecule has 0 aromatic carbocycles. The zero-order chi connectivity index (χ0) is 29.6. The molecule has 0 aliphatic rings. The van der Waals surface area contributed by atoms with Gasteiger partial charge in [-0.1, -0.05) is 13.8 Å². The molecule has 0 fully saturated rings. The van der Waals surface area contributed by atoms with Crippen molar-refractivity contribution in [1.29, 1.82) is 0 Å². The van der Waals surface area contributed by atoms with Crippen molar-refractivity contribution in [2.24, 2.45) is 0 Å². The summed E-state index contributed by atoms with van der Waals surface area (Å²) in [6, 6.07) is 2.65. The van der Waals surface area contributed by atoms with Crippen LogP contribution in [0.4, 0.5) is 23.8 Å². The highest BCUT2D eigenvalue weighted by Gasteiger charge is 2.34. The third-order valence-corrected chi connectivity index (χ3v) is 6.84. The summed E-state index contributed by atoms with van der Waals surface area (Å²) >= 11 is 0.818. The number of carbonyl (C=O) groups excluding carboxylic acids is 1. The molecule has 0 bridgehead atoms. The number of nitrogens with one attached hydrogen (secondary N) is 2. The van der Waals surface area contributed by atoms with Crippen molar-refractivity contribution in [2.45, 2.75) is 33.9 Å². The molecule has 0 aliphatic carbocycles. The van der Waals surface area contributed by atoms with Gasteiger partial charge in [-0.25, -0.2) is 19.7 Å². The molecule has 41 heavy (non-hydrogen) atoms. The van der Waals surface area contributed by atoms with E-state index in [1.165, 1.54) is 18.5 Å². The van der Waals surface area contributed by atoms with Gasteiger partial charge in [0.2, 0.25) is 17.7 Å². The SMILES string of the molecule is CCNC(=O)Nc1cc(-c2nc(C(F)(F)F)cs2)c(-c2cc(-c3nnc(C)o3)cnc2OCCN(CC)CC)cn1. The predicted octanol–water partition coefficient (Wildman–Crippen LogP) is 5.51. The molecule has 0 saturated heterocycles. The molecular weight excluding hydrogens is 561 g/mol. The summed E-state index contributed by atoms with van der Waals surface area (Å²) in [7, 11) is 0. The number of rotatable bonds is 11. The number of carbonyl (C=O) groups is 1. The summed E-state index contributed by atoms with van der Waals surface area (Å²) in [5.41, 5.74) is 0.554. The summed E-state index contributed by atoms with van der Waals surface area (Å²) in [4.78, 5) is 27.0. The Balaban J connectivity index is 1.84. The molecule has 15 heteroatoms. The highest BCUT2D eigenvalue weighted by atomic mass is 32.1. The molecule has 0 spiro atoms. The Bertz CT molecular complexity index is 1490. The first-order valence-electron chi connectivity index (χ1n) is 12.9. The van der Waals surface area contributed by atoms with Gasteiger partial charge in [-0.3, -0.25) is 5.32 Å². The van der Waals surface area contributed by atoms with Gasteiger partial charge >= 0.3 is 12.2 Å². The fourth-order valence-electron chi connectivity index (χ4n) is 3.87. The van der Waals surface area contributed by atoms with Gasteiger partial charge in [-0.15, -0.1) is 21.5 Å². The van der Waals surface area contributed by atoms with Crippen LogP contribution in [0.25, 0.3) is 33.2 Å². The van der Waals surface area contributed by atoms with Crippen molar-refractivity contribution >= 4 is 23.2 Å². The van der Waals surface area contributed by atoms with Gasteiger partial charge in [0.1, 0.15) is 17.4 Å². The molecule has 0 aliphatic heterocycles. The Morgan fingerprint density at radius 2 is 1.85 bits per heavy atom. The van der Waals surface area contributed by atoms with E-state index in [-0.39, 0.29) is 22.6 Å². The maximum atomic E-state index is 13.5. The monoisotopic (exact) mass is 590 g/mol. The minimum atomic E-state index is -4.62. The van der Waals surface area contributed by atoms with Crippen LogP contribution in [-0.2, 0) is 6.18 Å². The van der Waals surface area contributed by atoms with Crippen LogP contribution in [0.1, 0.15) is 32.4 Å². The van der Waals surface area contributed by atoms with E-state index in [9.17, 15) is 18.0 Å². The van der Waals surface area contributed by atoms with Crippen molar-refractivity contribution < 1.29 is 27.1 Å². The minimum absolute atomic E-state index is 0.0711. The Kier molecular flexibility index (Phi) is 9.50. The largest absolute Gasteiger partial charge is 0.476 e. The second-order valence-corrected chi connectivity index (χ2v) is 9.57. The highest BCUT2D eigenvalue weighted by Crippen LogP contribution is 2.41. The van der Waals surface area contributed by atoms with Gasteiger partial charge in [0.15, 0.2) is 5.69 Å². The summed E-state index contributed by atoms with van der Waals surface area (Å²) in [5, 5.41) is 14.1. The van der Waals surface area contributed by atoms with E-state index in [4.69, 9.17) is 9.15 Å². The molecule has 0 atom stereocenters. The number of ether oxygens (including phenoxy) is 1. The maximum Gasteiger partial charge on any atom is 0.434 e. The topological polar surface area (TPSA) is 131 Å². The second-order valence-electron chi connectivity index (χ2n) is 8.71. The van der Waals surface area contributed by atoms with Crippen molar-refractivity contribution in [3.8, 4) is 39.0 Å². The molecule has 0 radical (unpaired) electrons. The molecule has 218 valence electrons. The standard InChI is InChI=1S/C26H29F3N8O3S/c1-5-30-25(38)34-21-11-18(24-33-20(14-41-24)26(27,28)29)19(13-31-21)17-10-16(22-36-35-15(4)40-22)12-32-23(17)39-9-8-37(6-2)7-3/h10-14H,5-9H2,1-4H3,(H2,30,31,34,38). The predicted molar refractivity (Wildman–Crippen MR) is 148 cm³/mol. The molecule has 4 aromatic rings. The number of halogens is 3. The van der Waals surface area contributed by atoms with E-state index in [0.717, 1.165) is 29.8 Å². The minimum Gasteiger partial charge on any atom is -0.476 e. The molecule has 4 heterocycles. The molecule has 2 N–H and O–H groups in total. The van der Waals surface area contributed by atoms with Crippen LogP contribution in [0.3, 0.4) is 0 Å². The van der Waals surface area contributed by atoms with E-state index < -0.39 is 17.9 Å². The number of nitrogens with zero attached hydrogens (tertiary/aromatic N) is 6. The van der Waals surface area contributed by atoms with Crippen molar-refractivity contribution in [2.75, 3.05) is 38.1 Å². The van der Waals surface area contributed by atoms with Crippen LogP contribution in [0.15, 0.2) is 34.3 Å². The highest BCUT2D eigenvalue weighted by molar-refractivity contribution is 7.13. The van der Waals surface area contributed by atoms with E-state index in [0.29, 0.717) is 47.8 Å². The summed E-state index contributed by atoms with van der Waals surface area (Å²) in [6.45, 7) is 10.5. The number of aromatic nitrogens is 5. The molecular formula is C26H29F3N8O3S. The van der Waals surface area contributed by atoms with Crippen LogP contribution in [0, 0.1) is 6.92 Å². The number of aryl methyl sites for hydroxylation is 1. The fourth-order valence-corrected chi connectivity index (χ4v) is 4.72. The molecule has 2 amide bonds. The van der Waals surface area contributed by atoms with Crippen molar-refractivity contribution in [3.63, 3.8) is 0 Å². The lowest BCUT2D eigenvalue weighted by molar-refractivity contribution is -0.140. The number of urea groups is 1. The van der Waals surface area contributed by atoms with Crippen LogP contribution in [0.5, 0.6) is 5.88 Å². The Labute approximate surface area is 238 Å². The maximum absolute atomic E-state index is 13.5. The normalized spacial score (nSPS) is 11.6. The first-order chi connectivity index (χ1) is 19.6. The number of hydrogen-bond acceptors (Lipinski definition) is 10.